The fraction of sp³-hybridized carbons (Fsp3) is 0.250. The van der Waals surface area contributed by atoms with Crippen LogP contribution in [0.4, 0.5) is 5.82 Å². The predicted octanol–water partition coefficient (Wildman–Crippen LogP) is 2.88. The molecular weight excluding hydrogens is 188 g/mol. The smallest absolute Gasteiger partial charge is 0.152 e. The number of nitrogen functional groups attached to an aromatic ring is 1. The molecule has 15 heavy (non-hydrogen) atoms. The molecule has 2 aromatic heterocycles. The number of nitrogens with two attached hydrogens (primary N) is 1. The van der Waals surface area contributed by atoms with Gasteiger partial charge < -0.3 is 10.2 Å². The van der Waals surface area contributed by atoms with E-state index in [2.05, 4.69) is 11.9 Å². The Morgan fingerprint density at radius 2 is 2.27 bits per heavy atom. The highest BCUT2D eigenvalue weighted by molar-refractivity contribution is 5.55. The number of aromatic nitrogens is 1. The van der Waals surface area contributed by atoms with Gasteiger partial charge in [0.25, 0.3) is 0 Å². The molecule has 78 valence electrons. The number of aryl methyl sites for hydroxylation is 1. The quantitative estimate of drug-likeness (QED) is 0.832. The third-order valence-electron chi connectivity index (χ3n) is 2.22. The van der Waals surface area contributed by atoms with E-state index >= 15 is 0 Å². The molecule has 0 saturated carbocycles. The summed E-state index contributed by atoms with van der Waals surface area (Å²) >= 11 is 0. The lowest BCUT2D eigenvalue weighted by atomic mass is 10.2. The standard InChI is InChI=1S/C12H14N2O/c1-2-4-9-7-11(15-8-9)10-5-3-6-12(13)14-10/h3,5-8H,2,4H2,1H3,(H2,13,14). The average molecular weight is 202 g/mol. The third kappa shape index (κ3) is 2.18. The molecule has 0 spiro atoms. The van der Waals surface area contributed by atoms with E-state index < -0.39 is 0 Å². The first-order valence-electron chi connectivity index (χ1n) is 5.10. The molecule has 3 nitrogen and oxygen atoms in total. The molecule has 2 aromatic rings. The molecule has 0 fully saturated rings. The van der Waals surface area contributed by atoms with Gasteiger partial charge in [0.1, 0.15) is 11.5 Å². The number of rotatable bonds is 3. The minimum atomic E-state index is 0.515. The summed E-state index contributed by atoms with van der Waals surface area (Å²) in [6.07, 6.45) is 3.93. The monoisotopic (exact) mass is 202 g/mol. The number of pyridine rings is 1. The Balaban J connectivity index is 2.29. The van der Waals surface area contributed by atoms with Crippen LogP contribution in [0.3, 0.4) is 0 Å². The van der Waals surface area contributed by atoms with Crippen molar-refractivity contribution >= 4 is 5.82 Å². The Bertz CT molecular complexity index is 448. The highest BCUT2D eigenvalue weighted by Gasteiger charge is 2.05. The van der Waals surface area contributed by atoms with Crippen molar-refractivity contribution in [3.63, 3.8) is 0 Å². The molecule has 2 N–H and O–H groups in total. The second-order valence-corrected chi connectivity index (χ2v) is 3.52. The molecule has 3 heteroatoms. The molecule has 0 radical (unpaired) electrons. The van der Waals surface area contributed by atoms with Crippen LogP contribution in [0.15, 0.2) is 34.9 Å². The van der Waals surface area contributed by atoms with Crippen LogP contribution in [-0.4, -0.2) is 4.98 Å². The van der Waals surface area contributed by atoms with Crippen molar-refractivity contribution in [2.75, 3.05) is 5.73 Å². The fourth-order valence-electron chi connectivity index (χ4n) is 1.52. The summed E-state index contributed by atoms with van der Waals surface area (Å²) in [6, 6.07) is 7.55. The Kier molecular flexibility index (Phi) is 2.72. The Hall–Kier alpha value is -1.77. The zero-order valence-electron chi connectivity index (χ0n) is 8.73. The summed E-state index contributed by atoms with van der Waals surface area (Å²) in [4.78, 5) is 4.20. The van der Waals surface area contributed by atoms with Crippen LogP contribution in [0.25, 0.3) is 11.5 Å². The number of hydrogen-bond donors (Lipinski definition) is 1. The summed E-state index contributed by atoms with van der Waals surface area (Å²) in [5.41, 5.74) is 7.60. The normalized spacial score (nSPS) is 10.5. The zero-order chi connectivity index (χ0) is 10.7. The lowest BCUT2D eigenvalue weighted by Gasteiger charge is -1.96. The van der Waals surface area contributed by atoms with Gasteiger partial charge in [-0.2, -0.15) is 0 Å². The van der Waals surface area contributed by atoms with E-state index in [1.807, 2.05) is 18.2 Å². The van der Waals surface area contributed by atoms with Crippen LogP contribution in [-0.2, 0) is 6.42 Å². The van der Waals surface area contributed by atoms with E-state index in [4.69, 9.17) is 10.2 Å². The van der Waals surface area contributed by atoms with Crippen molar-refractivity contribution in [2.24, 2.45) is 0 Å². The summed E-state index contributed by atoms with van der Waals surface area (Å²) < 4.78 is 5.44. The minimum Gasteiger partial charge on any atom is -0.462 e. The summed E-state index contributed by atoms with van der Waals surface area (Å²) in [5, 5.41) is 0. The first-order valence-corrected chi connectivity index (χ1v) is 5.10. The molecule has 0 atom stereocenters. The van der Waals surface area contributed by atoms with Gasteiger partial charge in [0.15, 0.2) is 5.76 Å². The van der Waals surface area contributed by atoms with Gasteiger partial charge in [-0.25, -0.2) is 4.98 Å². The molecule has 2 heterocycles. The second kappa shape index (κ2) is 4.17. The third-order valence-corrected chi connectivity index (χ3v) is 2.22. The van der Waals surface area contributed by atoms with E-state index in [1.165, 1.54) is 5.56 Å². The van der Waals surface area contributed by atoms with Crippen molar-refractivity contribution < 1.29 is 4.42 Å². The number of hydrogen-bond acceptors (Lipinski definition) is 3. The molecule has 2 rings (SSSR count). The predicted molar refractivity (Wildman–Crippen MR) is 60.3 cm³/mol. The molecule has 0 aliphatic carbocycles. The van der Waals surface area contributed by atoms with Crippen molar-refractivity contribution in [2.45, 2.75) is 19.8 Å². The van der Waals surface area contributed by atoms with Crippen LogP contribution in [0.2, 0.25) is 0 Å². The lowest BCUT2D eigenvalue weighted by molar-refractivity contribution is 0.576. The van der Waals surface area contributed by atoms with E-state index in [1.54, 1.807) is 12.3 Å². The van der Waals surface area contributed by atoms with E-state index in [0.717, 1.165) is 24.3 Å². The van der Waals surface area contributed by atoms with Crippen LogP contribution < -0.4 is 5.73 Å². The van der Waals surface area contributed by atoms with Crippen molar-refractivity contribution in [3.8, 4) is 11.5 Å². The number of anilines is 1. The largest absolute Gasteiger partial charge is 0.462 e. The summed E-state index contributed by atoms with van der Waals surface area (Å²) in [7, 11) is 0. The first-order chi connectivity index (χ1) is 7.29. The summed E-state index contributed by atoms with van der Waals surface area (Å²) in [6.45, 7) is 2.14. The maximum absolute atomic E-state index is 5.61. The lowest BCUT2D eigenvalue weighted by Crippen LogP contribution is -1.90. The highest BCUT2D eigenvalue weighted by Crippen LogP contribution is 2.21. The van der Waals surface area contributed by atoms with Gasteiger partial charge in [-0.3, -0.25) is 0 Å². The van der Waals surface area contributed by atoms with Crippen LogP contribution in [0.5, 0.6) is 0 Å². The van der Waals surface area contributed by atoms with Crippen LogP contribution in [0.1, 0.15) is 18.9 Å². The van der Waals surface area contributed by atoms with Crippen LogP contribution in [0, 0.1) is 0 Å². The first kappa shape index (κ1) is 9.77. The molecule has 0 saturated heterocycles. The second-order valence-electron chi connectivity index (χ2n) is 3.52. The maximum Gasteiger partial charge on any atom is 0.152 e. The van der Waals surface area contributed by atoms with Crippen molar-refractivity contribution in [3.05, 3.63) is 36.1 Å². The fourth-order valence-corrected chi connectivity index (χ4v) is 1.52. The Morgan fingerprint density at radius 1 is 1.40 bits per heavy atom. The van der Waals surface area contributed by atoms with Crippen LogP contribution >= 0.6 is 0 Å². The van der Waals surface area contributed by atoms with E-state index in [-0.39, 0.29) is 0 Å². The molecule has 0 aliphatic rings. The SMILES string of the molecule is CCCc1coc(-c2cccc(N)n2)c1. The number of nitrogens with zero attached hydrogens (tertiary/aromatic N) is 1. The molecule has 0 amide bonds. The van der Waals surface area contributed by atoms with Gasteiger partial charge in [0.2, 0.25) is 0 Å². The minimum absolute atomic E-state index is 0.515. The Morgan fingerprint density at radius 3 is 3.00 bits per heavy atom. The molecular formula is C12H14N2O. The van der Waals surface area contributed by atoms with E-state index in [0.29, 0.717) is 5.82 Å². The summed E-state index contributed by atoms with van der Waals surface area (Å²) in [5.74, 6) is 1.30. The van der Waals surface area contributed by atoms with Crippen molar-refractivity contribution in [1.29, 1.82) is 0 Å². The molecule has 0 aromatic carbocycles. The topological polar surface area (TPSA) is 52.0 Å². The Labute approximate surface area is 88.9 Å². The van der Waals surface area contributed by atoms with Crippen molar-refractivity contribution in [1.82, 2.24) is 4.98 Å². The molecule has 0 unspecified atom stereocenters. The molecule has 0 aliphatic heterocycles. The van der Waals surface area contributed by atoms with Gasteiger partial charge in [-0.05, 0) is 30.2 Å². The van der Waals surface area contributed by atoms with Gasteiger partial charge in [0, 0.05) is 0 Å². The average Bonchev–Trinajstić information content (AvgIpc) is 2.67. The van der Waals surface area contributed by atoms with Gasteiger partial charge >= 0.3 is 0 Å². The van der Waals surface area contributed by atoms with E-state index in [9.17, 15) is 0 Å². The zero-order valence-corrected chi connectivity index (χ0v) is 8.73. The van der Waals surface area contributed by atoms with Gasteiger partial charge in [-0.1, -0.05) is 19.4 Å². The number of furan rings is 1. The van der Waals surface area contributed by atoms with Gasteiger partial charge in [0.05, 0.1) is 6.26 Å². The van der Waals surface area contributed by atoms with Gasteiger partial charge in [-0.15, -0.1) is 0 Å². The highest BCUT2D eigenvalue weighted by atomic mass is 16.3. The molecule has 0 bridgehead atoms. The maximum atomic E-state index is 5.61.